The predicted octanol–water partition coefficient (Wildman–Crippen LogP) is 3.83. The quantitative estimate of drug-likeness (QED) is 0.211. The van der Waals surface area contributed by atoms with Gasteiger partial charge in [0.1, 0.15) is 0 Å². The van der Waals surface area contributed by atoms with E-state index in [-0.39, 0.29) is 41.9 Å². The number of aliphatic hydroxyl groups excluding tert-OH is 1. The summed E-state index contributed by atoms with van der Waals surface area (Å²) in [6, 6.07) is 7.65. The van der Waals surface area contributed by atoms with Gasteiger partial charge in [0, 0.05) is 31.8 Å². The van der Waals surface area contributed by atoms with Crippen LogP contribution < -0.4 is 16.0 Å². The standard InChI is InChI=1S/C23H38N4O2.HI/c1-3-14-25-21(29)20-10-8-9-19(16-20)17-26-22(24-4-2)27-18-23(13-15-28)11-6-5-7-12-23;/h8-10,16,28H,3-7,11-15,17-18H2,1-2H3,(H,25,29)(H2,24,26,27);1H. The molecule has 6 nitrogen and oxygen atoms in total. The van der Waals surface area contributed by atoms with E-state index in [2.05, 4.69) is 22.9 Å². The Morgan fingerprint density at radius 2 is 1.90 bits per heavy atom. The van der Waals surface area contributed by atoms with E-state index in [0.29, 0.717) is 18.7 Å². The highest BCUT2D eigenvalue weighted by Gasteiger charge is 2.31. The first-order valence-corrected chi connectivity index (χ1v) is 11.1. The summed E-state index contributed by atoms with van der Waals surface area (Å²) in [4.78, 5) is 16.9. The molecule has 1 amide bonds. The van der Waals surface area contributed by atoms with Crippen molar-refractivity contribution >= 4 is 35.8 Å². The van der Waals surface area contributed by atoms with E-state index >= 15 is 0 Å². The van der Waals surface area contributed by atoms with Crippen LogP contribution in [0, 0.1) is 5.41 Å². The summed E-state index contributed by atoms with van der Waals surface area (Å²) >= 11 is 0. The minimum Gasteiger partial charge on any atom is -0.396 e. The number of aliphatic imine (C=N–C) groups is 1. The predicted molar refractivity (Wildman–Crippen MR) is 135 cm³/mol. The Hall–Kier alpha value is -1.35. The van der Waals surface area contributed by atoms with Gasteiger partial charge in [-0.15, -0.1) is 24.0 Å². The Kier molecular flexibility index (Phi) is 13.0. The van der Waals surface area contributed by atoms with E-state index in [1.165, 1.54) is 19.3 Å². The zero-order valence-corrected chi connectivity index (χ0v) is 20.8. The Morgan fingerprint density at radius 1 is 1.13 bits per heavy atom. The normalized spacial score (nSPS) is 15.8. The number of guanidine groups is 1. The second-order valence-electron chi connectivity index (χ2n) is 8.04. The van der Waals surface area contributed by atoms with Crippen molar-refractivity contribution in [1.29, 1.82) is 0 Å². The summed E-state index contributed by atoms with van der Waals surface area (Å²) in [6.45, 7) is 7.15. The topological polar surface area (TPSA) is 85.8 Å². The Balaban J connectivity index is 0.00000450. The van der Waals surface area contributed by atoms with Crippen LogP contribution in [0.15, 0.2) is 29.3 Å². The minimum absolute atomic E-state index is 0. The van der Waals surface area contributed by atoms with Crippen molar-refractivity contribution in [3.8, 4) is 0 Å². The molecule has 0 bridgehead atoms. The molecule has 1 saturated carbocycles. The lowest BCUT2D eigenvalue weighted by Crippen LogP contribution is -2.44. The lowest BCUT2D eigenvalue weighted by molar-refractivity contribution is 0.0953. The van der Waals surface area contributed by atoms with Gasteiger partial charge in [-0.2, -0.15) is 0 Å². The number of halogens is 1. The number of amides is 1. The van der Waals surface area contributed by atoms with Crippen molar-refractivity contribution in [2.24, 2.45) is 10.4 Å². The van der Waals surface area contributed by atoms with E-state index in [9.17, 15) is 9.90 Å². The van der Waals surface area contributed by atoms with Crippen LogP contribution in [0.4, 0.5) is 0 Å². The lowest BCUT2D eigenvalue weighted by atomic mass is 9.72. The average molecular weight is 530 g/mol. The molecule has 1 aliphatic carbocycles. The first-order valence-electron chi connectivity index (χ1n) is 11.1. The van der Waals surface area contributed by atoms with Crippen molar-refractivity contribution in [3.05, 3.63) is 35.4 Å². The number of nitrogens with zero attached hydrogens (tertiary/aromatic N) is 1. The summed E-state index contributed by atoms with van der Waals surface area (Å²) in [5, 5.41) is 19.3. The Bertz CT molecular complexity index is 655. The van der Waals surface area contributed by atoms with Crippen LogP contribution in [0.2, 0.25) is 0 Å². The first kappa shape index (κ1) is 26.7. The fraction of sp³-hybridized carbons (Fsp3) is 0.652. The number of hydrogen-bond acceptors (Lipinski definition) is 3. The van der Waals surface area contributed by atoms with Crippen LogP contribution in [0.1, 0.15) is 74.7 Å². The molecule has 30 heavy (non-hydrogen) atoms. The number of hydrogen-bond donors (Lipinski definition) is 4. The van der Waals surface area contributed by atoms with E-state index in [1.807, 2.05) is 31.2 Å². The van der Waals surface area contributed by atoms with Crippen LogP contribution >= 0.6 is 24.0 Å². The zero-order chi connectivity index (χ0) is 21.0. The maximum absolute atomic E-state index is 12.2. The number of rotatable bonds is 10. The van der Waals surface area contributed by atoms with Gasteiger partial charge < -0.3 is 21.1 Å². The molecule has 0 saturated heterocycles. The van der Waals surface area contributed by atoms with E-state index in [4.69, 9.17) is 4.99 Å². The monoisotopic (exact) mass is 530 g/mol. The van der Waals surface area contributed by atoms with Crippen molar-refractivity contribution in [2.75, 3.05) is 26.2 Å². The largest absolute Gasteiger partial charge is 0.396 e. The number of carbonyl (C=O) groups excluding carboxylic acids is 1. The maximum atomic E-state index is 12.2. The minimum atomic E-state index is -0.0362. The van der Waals surface area contributed by atoms with Crippen LogP contribution in [0.25, 0.3) is 0 Å². The molecule has 7 heteroatoms. The van der Waals surface area contributed by atoms with Crippen molar-refractivity contribution in [3.63, 3.8) is 0 Å². The molecule has 1 aliphatic rings. The van der Waals surface area contributed by atoms with Crippen LogP contribution in [0.3, 0.4) is 0 Å². The van der Waals surface area contributed by atoms with Crippen molar-refractivity contribution < 1.29 is 9.90 Å². The smallest absolute Gasteiger partial charge is 0.251 e. The summed E-state index contributed by atoms with van der Waals surface area (Å²) < 4.78 is 0. The van der Waals surface area contributed by atoms with Gasteiger partial charge in [-0.1, -0.05) is 38.3 Å². The highest BCUT2D eigenvalue weighted by atomic mass is 127. The molecular weight excluding hydrogens is 491 g/mol. The molecule has 1 fully saturated rings. The maximum Gasteiger partial charge on any atom is 0.251 e. The van der Waals surface area contributed by atoms with Gasteiger partial charge >= 0.3 is 0 Å². The van der Waals surface area contributed by atoms with Gasteiger partial charge in [0.05, 0.1) is 6.54 Å². The van der Waals surface area contributed by atoms with Crippen molar-refractivity contribution in [1.82, 2.24) is 16.0 Å². The third kappa shape index (κ3) is 8.79. The SMILES string of the molecule is CCCNC(=O)c1cccc(CN=C(NCC)NCC2(CCO)CCCCC2)c1.I. The third-order valence-corrected chi connectivity index (χ3v) is 5.68. The molecule has 0 spiro atoms. The fourth-order valence-electron chi connectivity index (χ4n) is 3.99. The summed E-state index contributed by atoms with van der Waals surface area (Å²) in [7, 11) is 0. The summed E-state index contributed by atoms with van der Waals surface area (Å²) in [5.74, 6) is 0.752. The van der Waals surface area contributed by atoms with E-state index in [1.54, 1.807) is 0 Å². The van der Waals surface area contributed by atoms with Crippen LogP contribution in [0.5, 0.6) is 0 Å². The molecule has 1 aromatic carbocycles. The number of aliphatic hydroxyl groups is 1. The van der Waals surface area contributed by atoms with E-state index in [0.717, 1.165) is 50.3 Å². The molecule has 0 heterocycles. The zero-order valence-electron chi connectivity index (χ0n) is 18.5. The summed E-state index contributed by atoms with van der Waals surface area (Å²) in [5.41, 5.74) is 1.85. The van der Waals surface area contributed by atoms with Gasteiger partial charge in [0.15, 0.2) is 5.96 Å². The fourth-order valence-corrected chi connectivity index (χ4v) is 3.99. The van der Waals surface area contributed by atoms with Gasteiger partial charge in [0.2, 0.25) is 0 Å². The Morgan fingerprint density at radius 3 is 2.57 bits per heavy atom. The first-order chi connectivity index (χ1) is 14.1. The molecule has 0 unspecified atom stereocenters. The van der Waals surface area contributed by atoms with Gasteiger partial charge in [-0.3, -0.25) is 4.79 Å². The third-order valence-electron chi connectivity index (χ3n) is 5.68. The number of benzene rings is 1. The molecule has 0 radical (unpaired) electrons. The molecule has 4 N–H and O–H groups in total. The molecule has 0 aliphatic heterocycles. The van der Waals surface area contributed by atoms with E-state index < -0.39 is 0 Å². The van der Waals surface area contributed by atoms with Gasteiger partial charge in [0.25, 0.3) is 5.91 Å². The molecule has 1 aromatic rings. The number of carbonyl (C=O) groups is 1. The Labute approximate surface area is 198 Å². The molecular formula is C23H39IN4O2. The number of nitrogens with one attached hydrogen (secondary N) is 3. The summed E-state index contributed by atoms with van der Waals surface area (Å²) in [6.07, 6.45) is 7.86. The van der Waals surface area contributed by atoms with Gasteiger partial charge in [-0.05, 0) is 55.7 Å². The second kappa shape index (κ2) is 14.6. The highest BCUT2D eigenvalue weighted by Crippen LogP contribution is 2.38. The van der Waals surface area contributed by atoms with Crippen LogP contribution in [-0.2, 0) is 6.54 Å². The second-order valence-corrected chi connectivity index (χ2v) is 8.04. The molecule has 0 atom stereocenters. The average Bonchev–Trinajstić information content (AvgIpc) is 2.75. The molecule has 170 valence electrons. The lowest BCUT2D eigenvalue weighted by Gasteiger charge is -2.37. The highest BCUT2D eigenvalue weighted by molar-refractivity contribution is 14.0. The molecule has 0 aromatic heterocycles. The molecule has 2 rings (SSSR count). The van der Waals surface area contributed by atoms with Gasteiger partial charge in [-0.25, -0.2) is 4.99 Å². The van der Waals surface area contributed by atoms with Crippen molar-refractivity contribution in [2.45, 2.75) is 65.3 Å². The van der Waals surface area contributed by atoms with Crippen LogP contribution in [-0.4, -0.2) is 43.2 Å².